The Morgan fingerprint density at radius 3 is 2.83 bits per heavy atom. The van der Waals surface area contributed by atoms with Gasteiger partial charge >= 0.3 is 0 Å². The van der Waals surface area contributed by atoms with Crippen LogP contribution in [0.3, 0.4) is 0 Å². The highest BCUT2D eigenvalue weighted by atomic mass is 16.5. The minimum atomic E-state index is -0.636. The third-order valence-corrected chi connectivity index (χ3v) is 2.41. The summed E-state index contributed by atoms with van der Waals surface area (Å²) in [6, 6.07) is 3.02. The van der Waals surface area contributed by atoms with Gasteiger partial charge in [-0.3, -0.25) is 14.6 Å². The lowest BCUT2D eigenvalue weighted by atomic mass is 10.2. The number of carbonyl (C=O) groups is 2. The number of ether oxygens (including phenoxy) is 1. The van der Waals surface area contributed by atoms with Gasteiger partial charge in [-0.15, -0.1) is 0 Å². The summed E-state index contributed by atoms with van der Waals surface area (Å²) in [6.07, 6.45) is 2.39. The molecule has 0 aliphatic heterocycles. The molecule has 0 saturated heterocycles. The molecule has 98 valence electrons. The number of rotatable bonds is 6. The molecule has 0 spiro atoms. The number of pyridine rings is 1. The van der Waals surface area contributed by atoms with Crippen molar-refractivity contribution < 1.29 is 14.3 Å². The number of primary amides is 1. The van der Waals surface area contributed by atoms with Crippen molar-refractivity contribution >= 4 is 17.5 Å². The summed E-state index contributed by atoms with van der Waals surface area (Å²) in [4.78, 5) is 26.6. The van der Waals surface area contributed by atoms with E-state index in [-0.39, 0.29) is 11.6 Å². The summed E-state index contributed by atoms with van der Waals surface area (Å²) in [6.45, 7) is 1.97. The Bertz CT molecular complexity index is 434. The highest BCUT2D eigenvalue weighted by Gasteiger charge is 2.17. The number of nitrogens with zero attached hydrogens (tertiary/aromatic N) is 1. The topological polar surface area (TPSA) is 94.3 Å². The van der Waals surface area contributed by atoms with Crippen LogP contribution in [0.5, 0.6) is 0 Å². The Kier molecular flexibility index (Phi) is 5.26. The molecular weight excluding hydrogens is 234 g/mol. The van der Waals surface area contributed by atoms with Crippen LogP contribution >= 0.6 is 0 Å². The first-order valence-corrected chi connectivity index (χ1v) is 5.68. The quantitative estimate of drug-likeness (QED) is 0.786. The van der Waals surface area contributed by atoms with E-state index in [1.165, 1.54) is 19.4 Å². The van der Waals surface area contributed by atoms with E-state index in [1.807, 2.05) is 6.92 Å². The molecule has 1 heterocycles. The van der Waals surface area contributed by atoms with E-state index in [9.17, 15) is 9.59 Å². The van der Waals surface area contributed by atoms with E-state index < -0.39 is 12.0 Å². The van der Waals surface area contributed by atoms with E-state index >= 15 is 0 Å². The highest BCUT2D eigenvalue weighted by molar-refractivity contribution is 5.96. The summed E-state index contributed by atoms with van der Waals surface area (Å²) < 4.78 is 5.08. The van der Waals surface area contributed by atoms with Gasteiger partial charge in [-0.1, -0.05) is 13.3 Å². The average Bonchev–Trinajstić information content (AvgIpc) is 2.36. The zero-order valence-corrected chi connectivity index (χ0v) is 10.5. The number of hydrogen-bond donors (Lipinski definition) is 2. The van der Waals surface area contributed by atoms with Crippen molar-refractivity contribution in [2.75, 3.05) is 12.4 Å². The normalized spacial score (nSPS) is 11.9. The van der Waals surface area contributed by atoms with Crippen molar-refractivity contribution in [3.63, 3.8) is 0 Å². The second-order valence-electron chi connectivity index (χ2n) is 3.80. The predicted molar refractivity (Wildman–Crippen MR) is 67.1 cm³/mol. The molecule has 6 nitrogen and oxygen atoms in total. The molecule has 18 heavy (non-hydrogen) atoms. The van der Waals surface area contributed by atoms with Crippen LogP contribution in [0.25, 0.3) is 0 Å². The zero-order valence-electron chi connectivity index (χ0n) is 10.5. The third kappa shape index (κ3) is 3.81. The van der Waals surface area contributed by atoms with Crippen LogP contribution in [-0.4, -0.2) is 30.0 Å². The lowest BCUT2D eigenvalue weighted by Gasteiger charge is -2.14. The van der Waals surface area contributed by atoms with Gasteiger partial charge in [-0.2, -0.15) is 0 Å². The molecule has 0 fully saturated rings. The molecule has 0 saturated carbocycles. The van der Waals surface area contributed by atoms with Crippen molar-refractivity contribution in [3.05, 3.63) is 24.0 Å². The second kappa shape index (κ2) is 6.70. The number of methoxy groups -OCH3 is 1. The van der Waals surface area contributed by atoms with Gasteiger partial charge in [-0.25, -0.2) is 0 Å². The first kappa shape index (κ1) is 14.1. The molecular formula is C12H17N3O3. The molecule has 3 N–H and O–H groups in total. The lowest BCUT2D eigenvalue weighted by molar-refractivity contribution is -0.126. The summed E-state index contributed by atoms with van der Waals surface area (Å²) in [5, 5.41) is 2.66. The third-order valence-electron chi connectivity index (χ3n) is 2.41. The smallest absolute Gasteiger partial charge is 0.267 e. The largest absolute Gasteiger partial charge is 0.372 e. The molecule has 0 aliphatic rings. The van der Waals surface area contributed by atoms with Gasteiger partial charge in [0.1, 0.15) is 11.8 Å². The van der Waals surface area contributed by atoms with Crippen LogP contribution in [0.2, 0.25) is 0 Å². The Morgan fingerprint density at radius 2 is 2.28 bits per heavy atom. The Balaban J connectivity index is 2.74. The monoisotopic (exact) mass is 251 g/mol. The van der Waals surface area contributed by atoms with E-state index in [0.29, 0.717) is 12.1 Å². The van der Waals surface area contributed by atoms with E-state index in [4.69, 9.17) is 10.5 Å². The first-order chi connectivity index (χ1) is 8.58. The minimum Gasteiger partial charge on any atom is -0.372 e. The molecule has 1 aromatic rings. The predicted octanol–water partition coefficient (Wildman–Crippen LogP) is 0.934. The molecule has 1 aromatic heterocycles. The minimum absolute atomic E-state index is 0.109. The van der Waals surface area contributed by atoms with Crippen molar-refractivity contribution in [2.45, 2.75) is 25.9 Å². The van der Waals surface area contributed by atoms with Gasteiger partial charge in [-0.05, 0) is 18.6 Å². The summed E-state index contributed by atoms with van der Waals surface area (Å²) in [5.41, 5.74) is 5.69. The maximum atomic E-state index is 11.8. The average molecular weight is 251 g/mol. The SMILES string of the molecule is CCCC(OC)C(=O)Nc1ccnc(C(N)=O)c1. The number of nitrogens with one attached hydrogen (secondary N) is 1. The van der Waals surface area contributed by atoms with E-state index in [2.05, 4.69) is 10.3 Å². The number of hydrogen-bond acceptors (Lipinski definition) is 4. The summed E-state index contributed by atoms with van der Waals surface area (Å²) >= 11 is 0. The van der Waals surface area contributed by atoms with Gasteiger partial charge in [0, 0.05) is 19.0 Å². The zero-order chi connectivity index (χ0) is 13.5. The molecule has 0 aliphatic carbocycles. The number of nitrogens with two attached hydrogens (primary N) is 1. The van der Waals surface area contributed by atoms with Crippen molar-refractivity contribution in [2.24, 2.45) is 5.73 Å². The van der Waals surface area contributed by atoms with Crippen LogP contribution in [0.4, 0.5) is 5.69 Å². The maximum Gasteiger partial charge on any atom is 0.267 e. The van der Waals surface area contributed by atoms with Crippen LogP contribution in [0.1, 0.15) is 30.3 Å². The molecule has 1 atom stereocenters. The lowest BCUT2D eigenvalue weighted by Crippen LogP contribution is -2.29. The molecule has 2 amide bonds. The number of amides is 2. The molecule has 1 rings (SSSR count). The van der Waals surface area contributed by atoms with Gasteiger partial charge in [0.25, 0.3) is 11.8 Å². The standard InChI is InChI=1S/C12H17N3O3/c1-3-4-10(18-2)12(17)15-8-5-6-14-9(7-8)11(13)16/h5-7,10H,3-4H2,1-2H3,(H2,13,16)(H,14,15,17). The Morgan fingerprint density at radius 1 is 1.56 bits per heavy atom. The Hall–Kier alpha value is -1.95. The maximum absolute atomic E-state index is 11.8. The van der Waals surface area contributed by atoms with Crippen LogP contribution in [0, 0.1) is 0 Å². The van der Waals surface area contributed by atoms with Crippen molar-refractivity contribution in [1.29, 1.82) is 0 Å². The second-order valence-corrected chi connectivity index (χ2v) is 3.80. The van der Waals surface area contributed by atoms with Crippen molar-refractivity contribution in [3.8, 4) is 0 Å². The van der Waals surface area contributed by atoms with Crippen LogP contribution < -0.4 is 11.1 Å². The Labute approximate surface area is 106 Å². The summed E-state index contributed by atoms with van der Waals surface area (Å²) in [5.74, 6) is -0.885. The number of aromatic nitrogens is 1. The molecule has 0 bridgehead atoms. The number of anilines is 1. The summed E-state index contributed by atoms with van der Waals surface area (Å²) in [7, 11) is 1.49. The van der Waals surface area contributed by atoms with Gasteiger partial charge in [0.15, 0.2) is 0 Å². The number of carbonyl (C=O) groups excluding carboxylic acids is 2. The molecule has 6 heteroatoms. The fourth-order valence-electron chi connectivity index (χ4n) is 1.48. The fraction of sp³-hybridized carbons (Fsp3) is 0.417. The molecule has 1 unspecified atom stereocenters. The van der Waals surface area contributed by atoms with Crippen LogP contribution in [-0.2, 0) is 9.53 Å². The first-order valence-electron chi connectivity index (χ1n) is 5.68. The molecule has 0 radical (unpaired) electrons. The van der Waals surface area contributed by atoms with E-state index in [0.717, 1.165) is 6.42 Å². The van der Waals surface area contributed by atoms with Crippen LogP contribution in [0.15, 0.2) is 18.3 Å². The van der Waals surface area contributed by atoms with Gasteiger partial charge < -0.3 is 15.8 Å². The van der Waals surface area contributed by atoms with Gasteiger partial charge in [0.2, 0.25) is 0 Å². The van der Waals surface area contributed by atoms with Crippen molar-refractivity contribution in [1.82, 2.24) is 4.98 Å². The van der Waals surface area contributed by atoms with Gasteiger partial charge in [0.05, 0.1) is 0 Å². The fourth-order valence-corrected chi connectivity index (χ4v) is 1.48. The van der Waals surface area contributed by atoms with E-state index in [1.54, 1.807) is 6.07 Å². The highest BCUT2D eigenvalue weighted by Crippen LogP contribution is 2.10. The molecule has 0 aromatic carbocycles.